The normalized spacial score (nSPS) is 13.8. The lowest BCUT2D eigenvalue weighted by Crippen LogP contribution is -2.07. The maximum atomic E-state index is 5.55. The van der Waals surface area contributed by atoms with E-state index < -0.39 is 0 Å². The molecule has 0 heterocycles. The third kappa shape index (κ3) is 22.1. The lowest BCUT2D eigenvalue weighted by atomic mass is 9.90. The Bertz CT molecular complexity index is 267. The molecule has 2 unspecified atom stereocenters. The van der Waals surface area contributed by atoms with E-state index in [0.29, 0.717) is 6.79 Å². The average Bonchev–Trinajstić information content (AvgIpc) is 2.65. The summed E-state index contributed by atoms with van der Waals surface area (Å²) in [5.41, 5.74) is 0. The average molecular weight is 385 g/mol. The highest BCUT2D eigenvalue weighted by molar-refractivity contribution is 4.61. The van der Waals surface area contributed by atoms with Gasteiger partial charge in [0.1, 0.15) is 6.79 Å². The maximum Gasteiger partial charge on any atom is 0.146 e. The molecular formula is C25H52O2. The first kappa shape index (κ1) is 26.9. The van der Waals surface area contributed by atoms with Crippen molar-refractivity contribution < 1.29 is 9.47 Å². The molecule has 0 aliphatic heterocycles. The van der Waals surface area contributed by atoms with E-state index in [1.54, 1.807) is 0 Å². The Morgan fingerprint density at radius 1 is 0.519 bits per heavy atom. The van der Waals surface area contributed by atoms with Crippen LogP contribution >= 0.6 is 0 Å². The molecule has 0 saturated heterocycles. The molecule has 0 aliphatic rings. The van der Waals surface area contributed by atoms with Crippen LogP contribution in [0, 0.1) is 11.8 Å². The number of ether oxygens (including phenoxy) is 2. The molecule has 2 atom stereocenters. The second-order valence-corrected chi connectivity index (χ2v) is 8.85. The summed E-state index contributed by atoms with van der Waals surface area (Å²) in [6.07, 6.45) is 22.0. The van der Waals surface area contributed by atoms with Gasteiger partial charge in [0.15, 0.2) is 0 Å². The van der Waals surface area contributed by atoms with Crippen molar-refractivity contribution in [2.45, 2.75) is 130 Å². The summed E-state index contributed by atoms with van der Waals surface area (Å²) in [5, 5.41) is 0. The van der Waals surface area contributed by atoms with Crippen LogP contribution < -0.4 is 0 Å². The summed E-state index contributed by atoms with van der Waals surface area (Å²) in [4.78, 5) is 0. The van der Waals surface area contributed by atoms with E-state index >= 15 is 0 Å². The zero-order valence-electron chi connectivity index (χ0n) is 19.4. The van der Waals surface area contributed by atoms with Crippen molar-refractivity contribution in [1.29, 1.82) is 0 Å². The zero-order chi connectivity index (χ0) is 20.0. The highest BCUT2D eigenvalue weighted by atomic mass is 16.7. The molecule has 0 saturated carbocycles. The van der Waals surface area contributed by atoms with E-state index in [1.807, 2.05) is 0 Å². The fourth-order valence-electron chi connectivity index (χ4n) is 3.86. The molecule has 0 aromatic heterocycles. The van der Waals surface area contributed by atoms with Crippen molar-refractivity contribution in [3.63, 3.8) is 0 Å². The smallest absolute Gasteiger partial charge is 0.146 e. The van der Waals surface area contributed by atoms with Gasteiger partial charge < -0.3 is 9.47 Å². The molecule has 0 N–H and O–H groups in total. The molecule has 0 spiro atoms. The van der Waals surface area contributed by atoms with Gasteiger partial charge in [-0.15, -0.1) is 0 Å². The van der Waals surface area contributed by atoms with Gasteiger partial charge in [-0.25, -0.2) is 0 Å². The standard InChI is InChI=1S/C25H52O2/c1-5-7-9-10-11-12-13-14-15-16-18-24(3)22-25(4)19-17-21-27-23-26-20-8-6-2/h24-25H,5-23H2,1-4H3. The van der Waals surface area contributed by atoms with Crippen LogP contribution in [0.15, 0.2) is 0 Å². The molecule has 0 aliphatic carbocycles. The minimum absolute atomic E-state index is 0.476. The maximum absolute atomic E-state index is 5.55. The van der Waals surface area contributed by atoms with Gasteiger partial charge in [-0.3, -0.25) is 0 Å². The molecule has 0 fully saturated rings. The van der Waals surface area contributed by atoms with Gasteiger partial charge in [0, 0.05) is 13.2 Å². The molecule has 0 aromatic rings. The van der Waals surface area contributed by atoms with E-state index in [-0.39, 0.29) is 0 Å². The van der Waals surface area contributed by atoms with Crippen molar-refractivity contribution in [2.24, 2.45) is 11.8 Å². The van der Waals surface area contributed by atoms with E-state index in [9.17, 15) is 0 Å². The predicted molar refractivity (Wildman–Crippen MR) is 120 cm³/mol. The fourth-order valence-corrected chi connectivity index (χ4v) is 3.86. The van der Waals surface area contributed by atoms with Crippen LogP contribution in [0.1, 0.15) is 130 Å². The van der Waals surface area contributed by atoms with Crippen LogP contribution in [0.2, 0.25) is 0 Å². The quantitative estimate of drug-likeness (QED) is 0.137. The van der Waals surface area contributed by atoms with Gasteiger partial charge in [-0.1, -0.05) is 105 Å². The topological polar surface area (TPSA) is 18.5 Å². The van der Waals surface area contributed by atoms with Gasteiger partial charge in [0.2, 0.25) is 0 Å². The predicted octanol–water partition coefficient (Wildman–Crippen LogP) is 8.53. The van der Waals surface area contributed by atoms with Crippen LogP contribution in [-0.2, 0) is 9.47 Å². The van der Waals surface area contributed by atoms with Gasteiger partial charge >= 0.3 is 0 Å². The van der Waals surface area contributed by atoms with Crippen LogP contribution in [0.25, 0.3) is 0 Å². The lowest BCUT2D eigenvalue weighted by Gasteiger charge is -2.17. The van der Waals surface area contributed by atoms with Gasteiger partial charge in [0.05, 0.1) is 0 Å². The molecule has 2 heteroatoms. The first-order chi connectivity index (χ1) is 13.2. The highest BCUT2D eigenvalue weighted by Crippen LogP contribution is 2.22. The Kier molecular flexibility index (Phi) is 22.1. The summed E-state index contributed by atoms with van der Waals surface area (Å²) >= 11 is 0. The van der Waals surface area contributed by atoms with Gasteiger partial charge in [-0.2, -0.15) is 0 Å². The Morgan fingerprint density at radius 2 is 0.963 bits per heavy atom. The summed E-state index contributed by atoms with van der Waals surface area (Å²) in [6.45, 7) is 11.5. The number of hydrogen-bond acceptors (Lipinski definition) is 2. The van der Waals surface area contributed by atoms with E-state index in [0.717, 1.165) is 31.5 Å². The number of unbranched alkanes of at least 4 members (excludes halogenated alkanes) is 10. The first-order valence-electron chi connectivity index (χ1n) is 12.4. The fraction of sp³-hybridized carbons (Fsp3) is 1.00. The van der Waals surface area contributed by atoms with Crippen molar-refractivity contribution in [3.8, 4) is 0 Å². The molecule has 2 nitrogen and oxygen atoms in total. The summed E-state index contributed by atoms with van der Waals surface area (Å²) < 4.78 is 11.0. The molecule has 0 aromatic carbocycles. The summed E-state index contributed by atoms with van der Waals surface area (Å²) in [6, 6.07) is 0. The van der Waals surface area contributed by atoms with Crippen molar-refractivity contribution in [3.05, 3.63) is 0 Å². The second-order valence-electron chi connectivity index (χ2n) is 8.85. The molecule has 0 amide bonds. The first-order valence-corrected chi connectivity index (χ1v) is 12.4. The Labute approximate surface area is 172 Å². The van der Waals surface area contributed by atoms with E-state index in [2.05, 4.69) is 27.7 Å². The summed E-state index contributed by atoms with van der Waals surface area (Å²) in [5.74, 6) is 1.71. The third-order valence-electron chi connectivity index (χ3n) is 5.65. The zero-order valence-corrected chi connectivity index (χ0v) is 19.4. The van der Waals surface area contributed by atoms with Crippen LogP contribution in [0.3, 0.4) is 0 Å². The Morgan fingerprint density at radius 3 is 1.52 bits per heavy atom. The largest absolute Gasteiger partial charge is 0.355 e. The SMILES string of the molecule is CCCCCCCCCCCCC(C)CC(C)CCCOCOCCCC. The molecule has 0 rings (SSSR count). The van der Waals surface area contributed by atoms with Gasteiger partial charge in [0.25, 0.3) is 0 Å². The second kappa shape index (κ2) is 22.2. The molecule has 164 valence electrons. The van der Waals surface area contributed by atoms with Crippen molar-refractivity contribution >= 4 is 0 Å². The number of hydrogen-bond donors (Lipinski definition) is 0. The highest BCUT2D eigenvalue weighted by Gasteiger charge is 2.08. The van der Waals surface area contributed by atoms with Crippen LogP contribution in [0.5, 0.6) is 0 Å². The Hall–Kier alpha value is -0.0800. The molecule has 0 bridgehead atoms. The number of rotatable bonds is 22. The Balaban J connectivity index is 3.30. The molecule has 0 radical (unpaired) electrons. The van der Waals surface area contributed by atoms with E-state index in [1.165, 1.54) is 96.3 Å². The van der Waals surface area contributed by atoms with Crippen LogP contribution in [-0.4, -0.2) is 20.0 Å². The van der Waals surface area contributed by atoms with E-state index in [4.69, 9.17) is 9.47 Å². The molecule has 27 heavy (non-hydrogen) atoms. The minimum Gasteiger partial charge on any atom is -0.355 e. The van der Waals surface area contributed by atoms with Gasteiger partial charge in [-0.05, 0) is 37.5 Å². The van der Waals surface area contributed by atoms with Crippen molar-refractivity contribution in [1.82, 2.24) is 0 Å². The third-order valence-corrected chi connectivity index (χ3v) is 5.65. The van der Waals surface area contributed by atoms with Crippen LogP contribution in [0.4, 0.5) is 0 Å². The minimum atomic E-state index is 0.476. The lowest BCUT2D eigenvalue weighted by molar-refractivity contribution is -0.0558. The molecular weight excluding hydrogens is 332 g/mol. The summed E-state index contributed by atoms with van der Waals surface area (Å²) in [7, 11) is 0. The van der Waals surface area contributed by atoms with Crippen molar-refractivity contribution in [2.75, 3.05) is 20.0 Å². The monoisotopic (exact) mass is 384 g/mol.